The molecular formula is C14H18F3NO2. The molecule has 1 heterocycles. The van der Waals surface area contributed by atoms with Crippen molar-refractivity contribution in [1.29, 1.82) is 0 Å². The SMILES string of the molecule is OC(CC1CCCCN1)c1ccc(OC(F)(F)F)cc1. The molecule has 112 valence electrons. The first-order chi connectivity index (χ1) is 9.44. The molecule has 2 N–H and O–H groups in total. The molecule has 1 aromatic rings. The van der Waals surface area contributed by atoms with Crippen LogP contribution in [0.3, 0.4) is 0 Å². The van der Waals surface area contributed by atoms with Crippen LogP contribution in [-0.4, -0.2) is 24.1 Å². The molecule has 1 aliphatic rings. The molecule has 3 nitrogen and oxygen atoms in total. The largest absolute Gasteiger partial charge is 0.573 e. The number of aliphatic hydroxyl groups is 1. The summed E-state index contributed by atoms with van der Waals surface area (Å²) in [5.74, 6) is -0.274. The third-order valence-corrected chi connectivity index (χ3v) is 3.42. The van der Waals surface area contributed by atoms with Gasteiger partial charge in [0, 0.05) is 6.04 Å². The zero-order chi connectivity index (χ0) is 14.6. The number of halogens is 3. The highest BCUT2D eigenvalue weighted by Gasteiger charge is 2.31. The molecule has 0 radical (unpaired) electrons. The molecule has 1 aliphatic heterocycles. The monoisotopic (exact) mass is 289 g/mol. The van der Waals surface area contributed by atoms with Crippen LogP contribution < -0.4 is 10.1 Å². The number of aliphatic hydroxyl groups excluding tert-OH is 1. The average molecular weight is 289 g/mol. The number of ether oxygens (including phenoxy) is 1. The second-order valence-corrected chi connectivity index (χ2v) is 5.02. The third-order valence-electron chi connectivity index (χ3n) is 3.42. The van der Waals surface area contributed by atoms with Gasteiger partial charge >= 0.3 is 6.36 Å². The van der Waals surface area contributed by atoms with Gasteiger partial charge in [-0.25, -0.2) is 0 Å². The molecule has 2 rings (SSSR count). The standard InChI is InChI=1S/C14H18F3NO2/c15-14(16,17)20-12-6-4-10(5-7-12)13(19)9-11-3-1-2-8-18-11/h4-7,11,13,18-19H,1-3,8-9H2. The van der Waals surface area contributed by atoms with Gasteiger partial charge in [-0.05, 0) is 43.5 Å². The van der Waals surface area contributed by atoms with Crippen LogP contribution in [0.15, 0.2) is 24.3 Å². The van der Waals surface area contributed by atoms with Crippen LogP contribution in [-0.2, 0) is 0 Å². The van der Waals surface area contributed by atoms with Crippen LogP contribution in [0, 0.1) is 0 Å². The Bertz CT molecular complexity index is 413. The smallest absolute Gasteiger partial charge is 0.406 e. The van der Waals surface area contributed by atoms with Crippen molar-refractivity contribution in [3.63, 3.8) is 0 Å². The van der Waals surface area contributed by atoms with Crippen molar-refractivity contribution in [3.8, 4) is 5.75 Å². The lowest BCUT2D eigenvalue weighted by molar-refractivity contribution is -0.274. The lowest BCUT2D eigenvalue weighted by Crippen LogP contribution is -2.35. The summed E-state index contributed by atoms with van der Waals surface area (Å²) in [4.78, 5) is 0. The van der Waals surface area contributed by atoms with Crippen LogP contribution in [0.25, 0.3) is 0 Å². The van der Waals surface area contributed by atoms with Gasteiger partial charge in [0.15, 0.2) is 0 Å². The number of piperidine rings is 1. The van der Waals surface area contributed by atoms with Gasteiger partial charge in [0.05, 0.1) is 6.10 Å². The molecule has 1 aromatic carbocycles. The number of rotatable bonds is 4. The fourth-order valence-corrected chi connectivity index (χ4v) is 2.42. The van der Waals surface area contributed by atoms with Gasteiger partial charge < -0.3 is 15.2 Å². The summed E-state index contributed by atoms with van der Waals surface area (Å²) in [6.07, 6.45) is -1.48. The first-order valence-electron chi connectivity index (χ1n) is 6.71. The fraction of sp³-hybridized carbons (Fsp3) is 0.571. The Kier molecular flexibility index (Phi) is 4.88. The molecule has 0 aliphatic carbocycles. The van der Waals surface area contributed by atoms with Gasteiger partial charge in [0.2, 0.25) is 0 Å². The van der Waals surface area contributed by atoms with E-state index in [1.807, 2.05) is 0 Å². The van der Waals surface area contributed by atoms with E-state index in [2.05, 4.69) is 10.1 Å². The Morgan fingerprint density at radius 3 is 2.50 bits per heavy atom. The second kappa shape index (κ2) is 6.45. The van der Waals surface area contributed by atoms with E-state index in [-0.39, 0.29) is 11.8 Å². The Hall–Kier alpha value is -1.27. The van der Waals surface area contributed by atoms with E-state index in [0.717, 1.165) is 25.8 Å². The zero-order valence-corrected chi connectivity index (χ0v) is 11.0. The maximum Gasteiger partial charge on any atom is 0.573 e. The van der Waals surface area contributed by atoms with E-state index in [4.69, 9.17) is 0 Å². The van der Waals surface area contributed by atoms with E-state index in [0.29, 0.717) is 12.0 Å². The number of alkyl halides is 3. The van der Waals surface area contributed by atoms with Crippen LogP contribution in [0.1, 0.15) is 37.4 Å². The molecule has 0 spiro atoms. The van der Waals surface area contributed by atoms with Gasteiger partial charge in [-0.2, -0.15) is 0 Å². The molecule has 2 atom stereocenters. The van der Waals surface area contributed by atoms with Crippen LogP contribution in [0.4, 0.5) is 13.2 Å². The van der Waals surface area contributed by atoms with Gasteiger partial charge in [-0.1, -0.05) is 18.6 Å². The van der Waals surface area contributed by atoms with Crippen molar-refractivity contribution in [2.75, 3.05) is 6.54 Å². The summed E-state index contributed by atoms with van der Waals surface area (Å²) in [5, 5.41) is 13.4. The fourth-order valence-electron chi connectivity index (χ4n) is 2.42. The molecule has 1 fully saturated rings. The van der Waals surface area contributed by atoms with E-state index in [1.165, 1.54) is 24.3 Å². The lowest BCUT2D eigenvalue weighted by Gasteiger charge is -2.25. The van der Waals surface area contributed by atoms with Crippen molar-refractivity contribution >= 4 is 0 Å². The maximum absolute atomic E-state index is 12.0. The first-order valence-corrected chi connectivity index (χ1v) is 6.71. The van der Waals surface area contributed by atoms with Crippen molar-refractivity contribution in [2.45, 2.75) is 44.2 Å². The molecule has 0 saturated carbocycles. The minimum absolute atomic E-state index is 0.268. The Morgan fingerprint density at radius 1 is 1.25 bits per heavy atom. The third kappa shape index (κ3) is 4.68. The lowest BCUT2D eigenvalue weighted by atomic mass is 9.96. The number of benzene rings is 1. The van der Waals surface area contributed by atoms with Crippen LogP contribution in [0.2, 0.25) is 0 Å². The van der Waals surface area contributed by atoms with Gasteiger partial charge in [0.25, 0.3) is 0 Å². The molecule has 20 heavy (non-hydrogen) atoms. The minimum atomic E-state index is -4.69. The van der Waals surface area contributed by atoms with E-state index in [1.54, 1.807) is 0 Å². The number of hydrogen-bond donors (Lipinski definition) is 2. The van der Waals surface area contributed by atoms with Crippen molar-refractivity contribution in [1.82, 2.24) is 5.32 Å². The van der Waals surface area contributed by atoms with Gasteiger partial charge in [0.1, 0.15) is 5.75 Å². The molecule has 0 aromatic heterocycles. The number of nitrogens with one attached hydrogen (secondary N) is 1. The minimum Gasteiger partial charge on any atom is -0.406 e. The Labute approximate surface area is 115 Å². The Morgan fingerprint density at radius 2 is 1.95 bits per heavy atom. The highest BCUT2D eigenvalue weighted by molar-refractivity contribution is 5.28. The Balaban J connectivity index is 1.91. The predicted octanol–water partition coefficient (Wildman–Crippen LogP) is 3.15. The molecular weight excluding hydrogens is 271 g/mol. The van der Waals surface area contributed by atoms with E-state index < -0.39 is 12.5 Å². The van der Waals surface area contributed by atoms with Crippen LogP contribution >= 0.6 is 0 Å². The quantitative estimate of drug-likeness (QED) is 0.894. The van der Waals surface area contributed by atoms with Crippen molar-refractivity contribution in [2.24, 2.45) is 0 Å². The predicted molar refractivity (Wildman–Crippen MR) is 68.3 cm³/mol. The molecule has 6 heteroatoms. The van der Waals surface area contributed by atoms with E-state index >= 15 is 0 Å². The maximum atomic E-state index is 12.0. The normalized spacial score (nSPS) is 21.5. The average Bonchev–Trinajstić information content (AvgIpc) is 2.39. The summed E-state index contributed by atoms with van der Waals surface area (Å²) in [6, 6.07) is 5.65. The van der Waals surface area contributed by atoms with Gasteiger partial charge in [-0.3, -0.25) is 0 Å². The van der Waals surface area contributed by atoms with E-state index in [9.17, 15) is 18.3 Å². The molecule has 1 saturated heterocycles. The first kappa shape index (κ1) is 15.1. The van der Waals surface area contributed by atoms with Crippen LogP contribution in [0.5, 0.6) is 5.75 Å². The summed E-state index contributed by atoms with van der Waals surface area (Å²) >= 11 is 0. The van der Waals surface area contributed by atoms with Gasteiger partial charge in [-0.15, -0.1) is 13.2 Å². The summed E-state index contributed by atoms with van der Waals surface area (Å²) < 4.78 is 39.9. The summed E-state index contributed by atoms with van der Waals surface area (Å²) in [7, 11) is 0. The highest BCUT2D eigenvalue weighted by Crippen LogP contribution is 2.26. The number of hydrogen-bond acceptors (Lipinski definition) is 3. The van der Waals surface area contributed by atoms with Crippen molar-refractivity contribution in [3.05, 3.63) is 29.8 Å². The molecule has 0 bridgehead atoms. The summed E-state index contributed by atoms with van der Waals surface area (Å²) in [5.41, 5.74) is 0.604. The molecule has 0 amide bonds. The second-order valence-electron chi connectivity index (χ2n) is 5.02. The highest BCUT2D eigenvalue weighted by atomic mass is 19.4. The molecule has 2 unspecified atom stereocenters. The van der Waals surface area contributed by atoms with Crippen molar-refractivity contribution < 1.29 is 23.0 Å². The summed E-state index contributed by atoms with van der Waals surface area (Å²) in [6.45, 7) is 0.954. The topological polar surface area (TPSA) is 41.5 Å². The zero-order valence-electron chi connectivity index (χ0n) is 11.0.